The van der Waals surface area contributed by atoms with Crippen LogP contribution < -0.4 is 0 Å². The molecule has 5 heteroatoms. The minimum absolute atomic E-state index is 0.0521. The molecule has 3 heterocycles. The summed E-state index contributed by atoms with van der Waals surface area (Å²) in [7, 11) is 0. The fourth-order valence-corrected chi connectivity index (χ4v) is 3.63. The van der Waals surface area contributed by atoms with E-state index in [1.54, 1.807) is 0 Å². The number of benzene rings is 1. The zero-order valence-electron chi connectivity index (χ0n) is 16.1. The van der Waals surface area contributed by atoms with Crippen molar-refractivity contribution >= 4 is 10.9 Å². The number of aromatic nitrogens is 3. The van der Waals surface area contributed by atoms with Crippen molar-refractivity contribution < 1.29 is 0 Å². The molecule has 1 aliphatic heterocycles. The van der Waals surface area contributed by atoms with Gasteiger partial charge in [-0.15, -0.1) is 0 Å². The molecule has 1 saturated heterocycles. The van der Waals surface area contributed by atoms with Gasteiger partial charge in [-0.3, -0.25) is 14.5 Å². The number of fused-ring (bicyclic) bond motifs is 1. The van der Waals surface area contributed by atoms with Gasteiger partial charge in [-0.05, 0) is 38.3 Å². The van der Waals surface area contributed by atoms with Crippen LogP contribution in [0.1, 0.15) is 32.0 Å². The molecule has 1 aliphatic rings. The Hall–Kier alpha value is -2.11. The highest BCUT2D eigenvalue weighted by Gasteiger charge is 2.19. The highest BCUT2D eigenvalue weighted by Crippen LogP contribution is 2.18. The van der Waals surface area contributed by atoms with Crippen molar-refractivity contribution in [2.45, 2.75) is 39.4 Å². The number of para-hydroxylation sites is 1. The topological polar surface area (TPSA) is 40.1 Å². The first-order valence-corrected chi connectivity index (χ1v) is 9.53. The lowest BCUT2D eigenvalue weighted by molar-refractivity contribution is 0.121. The Balaban J connectivity index is 1.30. The van der Waals surface area contributed by atoms with E-state index in [9.17, 15) is 0 Å². The third-order valence-electron chi connectivity index (χ3n) is 5.17. The number of H-pyrrole nitrogens is 1. The molecule has 4 rings (SSSR count). The van der Waals surface area contributed by atoms with Crippen LogP contribution in [0.3, 0.4) is 0 Å². The predicted octanol–water partition coefficient (Wildman–Crippen LogP) is 3.44. The van der Waals surface area contributed by atoms with Crippen molar-refractivity contribution in [3.63, 3.8) is 0 Å². The first-order chi connectivity index (χ1) is 12.5. The van der Waals surface area contributed by atoms with Crippen molar-refractivity contribution in [1.29, 1.82) is 0 Å². The summed E-state index contributed by atoms with van der Waals surface area (Å²) in [4.78, 5) is 8.62. The number of nitrogens with one attached hydrogen (secondary N) is 1. The van der Waals surface area contributed by atoms with Gasteiger partial charge in [-0.1, -0.05) is 18.2 Å². The molecule has 0 amide bonds. The zero-order valence-corrected chi connectivity index (χ0v) is 16.1. The summed E-state index contributed by atoms with van der Waals surface area (Å²) >= 11 is 0. The molecule has 2 aromatic heterocycles. The second-order valence-corrected chi connectivity index (χ2v) is 8.40. The number of piperazine rings is 1. The van der Waals surface area contributed by atoms with Crippen LogP contribution in [0.25, 0.3) is 10.9 Å². The molecule has 1 N–H and O–H groups in total. The molecule has 138 valence electrons. The van der Waals surface area contributed by atoms with Crippen LogP contribution in [-0.2, 0) is 18.6 Å². The molecule has 0 saturated carbocycles. The summed E-state index contributed by atoms with van der Waals surface area (Å²) in [6, 6.07) is 10.8. The van der Waals surface area contributed by atoms with Gasteiger partial charge in [0.1, 0.15) is 0 Å². The number of hydrogen-bond donors (Lipinski definition) is 1. The average Bonchev–Trinajstić information content (AvgIpc) is 3.22. The Kier molecular flexibility index (Phi) is 4.59. The lowest BCUT2D eigenvalue weighted by Gasteiger charge is -2.34. The molecular formula is C21H29N5. The van der Waals surface area contributed by atoms with Gasteiger partial charge in [0.25, 0.3) is 0 Å². The van der Waals surface area contributed by atoms with E-state index in [-0.39, 0.29) is 5.54 Å². The monoisotopic (exact) mass is 351 g/mol. The second-order valence-electron chi connectivity index (χ2n) is 8.40. The molecule has 0 radical (unpaired) electrons. The summed E-state index contributed by atoms with van der Waals surface area (Å²) in [5, 5.41) is 5.82. The second kappa shape index (κ2) is 6.89. The maximum Gasteiger partial charge on any atom is 0.0543 e. The van der Waals surface area contributed by atoms with E-state index in [1.165, 1.54) is 22.2 Å². The van der Waals surface area contributed by atoms with Crippen LogP contribution in [0.15, 0.2) is 42.7 Å². The molecule has 1 fully saturated rings. The normalized spacial score (nSPS) is 17.2. The first kappa shape index (κ1) is 17.3. The highest BCUT2D eigenvalue weighted by atomic mass is 15.3. The van der Waals surface area contributed by atoms with E-state index in [2.05, 4.69) is 81.9 Å². The van der Waals surface area contributed by atoms with E-state index in [0.717, 1.165) is 39.3 Å². The lowest BCUT2D eigenvalue weighted by Crippen LogP contribution is -2.45. The van der Waals surface area contributed by atoms with Crippen molar-refractivity contribution in [1.82, 2.24) is 24.6 Å². The molecule has 0 spiro atoms. The number of nitrogens with zero attached hydrogens (tertiary/aromatic N) is 4. The van der Waals surface area contributed by atoms with Gasteiger partial charge in [0.15, 0.2) is 0 Å². The SMILES string of the molecule is CC(C)(C)n1cc(CN2CCN(Cc3cc4ccccc4[nH]3)CC2)cn1. The molecule has 0 unspecified atom stereocenters. The predicted molar refractivity (Wildman–Crippen MR) is 106 cm³/mol. The summed E-state index contributed by atoms with van der Waals surface area (Å²) in [6.07, 6.45) is 4.21. The minimum atomic E-state index is 0.0521. The summed E-state index contributed by atoms with van der Waals surface area (Å²) in [6.45, 7) is 13.0. The molecule has 0 atom stereocenters. The number of rotatable bonds is 4. The molecule has 0 aliphatic carbocycles. The van der Waals surface area contributed by atoms with Crippen molar-refractivity contribution in [2.24, 2.45) is 0 Å². The van der Waals surface area contributed by atoms with Crippen LogP contribution in [0.4, 0.5) is 0 Å². The maximum atomic E-state index is 4.52. The van der Waals surface area contributed by atoms with Crippen molar-refractivity contribution in [3.05, 3.63) is 54.0 Å². The Labute approximate surface area is 155 Å². The molecule has 0 bridgehead atoms. The van der Waals surface area contributed by atoms with E-state index >= 15 is 0 Å². The van der Waals surface area contributed by atoms with E-state index in [1.807, 2.05) is 6.20 Å². The quantitative estimate of drug-likeness (QED) is 0.783. The lowest BCUT2D eigenvalue weighted by atomic mass is 10.1. The Morgan fingerprint density at radius 3 is 2.35 bits per heavy atom. The third kappa shape index (κ3) is 3.84. The van der Waals surface area contributed by atoms with Gasteiger partial charge in [0.2, 0.25) is 0 Å². The average molecular weight is 351 g/mol. The Morgan fingerprint density at radius 1 is 1.00 bits per heavy atom. The van der Waals surface area contributed by atoms with Crippen LogP contribution in [0.2, 0.25) is 0 Å². The zero-order chi connectivity index (χ0) is 18.1. The van der Waals surface area contributed by atoms with Gasteiger partial charge >= 0.3 is 0 Å². The first-order valence-electron chi connectivity index (χ1n) is 9.53. The third-order valence-corrected chi connectivity index (χ3v) is 5.17. The molecule has 3 aromatic rings. The number of aromatic amines is 1. The van der Waals surface area contributed by atoms with E-state index in [4.69, 9.17) is 0 Å². The minimum Gasteiger partial charge on any atom is -0.357 e. The van der Waals surface area contributed by atoms with Gasteiger partial charge < -0.3 is 4.98 Å². The van der Waals surface area contributed by atoms with Crippen molar-refractivity contribution in [2.75, 3.05) is 26.2 Å². The fraction of sp³-hybridized carbons (Fsp3) is 0.476. The van der Waals surface area contributed by atoms with Gasteiger partial charge in [-0.2, -0.15) is 5.10 Å². The van der Waals surface area contributed by atoms with Crippen LogP contribution in [0.5, 0.6) is 0 Å². The maximum absolute atomic E-state index is 4.52. The summed E-state index contributed by atoms with van der Waals surface area (Å²) in [5.41, 5.74) is 3.91. The molecular weight excluding hydrogens is 322 g/mol. The standard InChI is InChI=1S/C21H29N5/c1-21(2,3)26-15-17(13-22-26)14-24-8-10-25(11-9-24)16-19-12-18-6-4-5-7-20(18)23-19/h4-7,12-13,15,23H,8-11,14,16H2,1-3H3. The van der Waals surface area contributed by atoms with Crippen LogP contribution in [-0.4, -0.2) is 50.7 Å². The van der Waals surface area contributed by atoms with Gasteiger partial charge in [-0.25, -0.2) is 0 Å². The molecule has 26 heavy (non-hydrogen) atoms. The summed E-state index contributed by atoms with van der Waals surface area (Å²) < 4.78 is 2.06. The number of hydrogen-bond acceptors (Lipinski definition) is 3. The fourth-order valence-electron chi connectivity index (χ4n) is 3.63. The smallest absolute Gasteiger partial charge is 0.0543 e. The van der Waals surface area contributed by atoms with Gasteiger partial charge in [0, 0.05) is 62.2 Å². The van der Waals surface area contributed by atoms with Crippen molar-refractivity contribution in [3.8, 4) is 0 Å². The van der Waals surface area contributed by atoms with Crippen LogP contribution >= 0.6 is 0 Å². The van der Waals surface area contributed by atoms with Gasteiger partial charge in [0.05, 0.1) is 11.7 Å². The Bertz CT molecular complexity index is 829. The largest absolute Gasteiger partial charge is 0.357 e. The van der Waals surface area contributed by atoms with E-state index in [0.29, 0.717) is 0 Å². The molecule has 1 aromatic carbocycles. The Morgan fingerprint density at radius 2 is 1.69 bits per heavy atom. The van der Waals surface area contributed by atoms with Crippen LogP contribution in [0, 0.1) is 0 Å². The van der Waals surface area contributed by atoms with E-state index < -0.39 is 0 Å². The highest BCUT2D eigenvalue weighted by molar-refractivity contribution is 5.80. The summed E-state index contributed by atoms with van der Waals surface area (Å²) in [5.74, 6) is 0. The molecule has 5 nitrogen and oxygen atoms in total.